The number of nitrogens with zero attached hydrogens (tertiary/aromatic N) is 2. The van der Waals surface area contributed by atoms with Crippen LogP contribution in [0.2, 0.25) is 0 Å². The number of rotatable bonds is 4. The Balaban J connectivity index is 2.78. The molecule has 1 aliphatic rings. The summed E-state index contributed by atoms with van der Waals surface area (Å²) < 4.78 is 10.0. The topological polar surface area (TPSA) is 88.2 Å². The van der Waals surface area contributed by atoms with E-state index in [1.165, 1.54) is 7.11 Å². The molecule has 0 radical (unpaired) electrons. The van der Waals surface area contributed by atoms with Gasteiger partial charge in [0, 0.05) is 20.1 Å². The lowest BCUT2D eigenvalue weighted by Gasteiger charge is -2.39. The second-order valence-electron chi connectivity index (χ2n) is 8.03. The molecule has 0 aromatic rings. The molecule has 150 valence electrons. The van der Waals surface area contributed by atoms with E-state index in [2.05, 4.69) is 10.1 Å². The molecule has 0 aliphatic carbocycles. The molecule has 1 heterocycles. The average molecular weight is 371 g/mol. The third kappa shape index (κ3) is 6.38. The summed E-state index contributed by atoms with van der Waals surface area (Å²) in [5.41, 5.74) is -0.567. The van der Waals surface area contributed by atoms with Crippen LogP contribution in [0.3, 0.4) is 0 Å². The van der Waals surface area contributed by atoms with Gasteiger partial charge >= 0.3 is 12.2 Å². The number of likely N-dealkylation sites (tertiary alicyclic amines) is 1. The SMILES string of the molecule is COC(=O)N[C@H](C(=O)N1CCC[C@@H](N(C)C(=O)OC(C)(C)C)C1)C(C)C. The molecule has 8 nitrogen and oxygen atoms in total. The molecule has 0 bridgehead atoms. The van der Waals surface area contributed by atoms with Crippen molar-refractivity contribution in [1.29, 1.82) is 0 Å². The van der Waals surface area contributed by atoms with Crippen LogP contribution in [0, 0.1) is 5.92 Å². The van der Waals surface area contributed by atoms with Gasteiger partial charge in [-0.05, 0) is 39.5 Å². The number of ether oxygens (including phenoxy) is 2. The van der Waals surface area contributed by atoms with Gasteiger partial charge in [-0.25, -0.2) is 9.59 Å². The van der Waals surface area contributed by atoms with E-state index in [9.17, 15) is 14.4 Å². The van der Waals surface area contributed by atoms with Crippen molar-refractivity contribution in [3.8, 4) is 0 Å². The van der Waals surface area contributed by atoms with Crippen LogP contribution >= 0.6 is 0 Å². The van der Waals surface area contributed by atoms with E-state index in [-0.39, 0.29) is 17.9 Å². The van der Waals surface area contributed by atoms with Crippen molar-refractivity contribution in [1.82, 2.24) is 15.1 Å². The Kier molecular flexibility index (Phi) is 7.71. The van der Waals surface area contributed by atoms with Crippen LogP contribution < -0.4 is 5.32 Å². The van der Waals surface area contributed by atoms with Gasteiger partial charge in [0.05, 0.1) is 13.2 Å². The Morgan fingerprint density at radius 1 is 1.23 bits per heavy atom. The van der Waals surface area contributed by atoms with Crippen molar-refractivity contribution in [2.45, 2.75) is 65.1 Å². The quantitative estimate of drug-likeness (QED) is 0.819. The van der Waals surface area contributed by atoms with Gasteiger partial charge in [0.1, 0.15) is 11.6 Å². The highest BCUT2D eigenvalue weighted by atomic mass is 16.6. The first kappa shape index (κ1) is 22.1. The fourth-order valence-corrected chi connectivity index (χ4v) is 2.85. The monoisotopic (exact) mass is 371 g/mol. The van der Waals surface area contributed by atoms with Crippen LogP contribution in [-0.4, -0.2) is 72.8 Å². The molecule has 0 unspecified atom stereocenters. The molecule has 0 aromatic carbocycles. The number of hydrogen-bond acceptors (Lipinski definition) is 5. The van der Waals surface area contributed by atoms with Crippen LogP contribution in [0.5, 0.6) is 0 Å². The number of alkyl carbamates (subject to hydrolysis) is 1. The summed E-state index contributed by atoms with van der Waals surface area (Å²) in [6.45, 7) is 10.2. The van der Waals surface area contributed by atoms with Crippen molar-refractivity contribution >= 4 is 18.1 Å². The minimum Gasteiger partial charge on any atom is -0.453 e. The van der Waals surface area contributed by atoms with Crippen molar-refractivity contribution in [3.05, 3.63) is 0 Å². The largest absolute Gasteiger partial charge is 0.453 e. The lowest BCUT2D eigenvalue weighted by atomic mass is 9.99. The summed E-state index contributed by atoms with van der Waals surface area (Å²) in [7, 11) is 2.96. The maximum atomic E-state index is 12.9. The van der Waals surface area contributed by atoms with Crippen molar-refractivity contribution < 1.29 is 23.9 Å². The van der Waals surface area contributed by atoms with Crippen LogP contribution in [0.15, 0.2) is 0 Å². The number of piperidine rings is 1. The maximum Gasteiger partial charge on any atom is 0.410 e. The molecule has 1 saturated heterocycles. The van der Waals surface area contributed by atoms with Crippen molar-refractivity contribution in [2.75, 3.05) is 27.2 Å². The van der Waals surface area contributed by atoms with Crippen LogP contribution in [0.1, 0.15) is 47.5 Å². The van der Waals surface area contributed by atoms with E-state index in [1.54, 1.807) is 16.8 Å². The van der Waals surface area contributed by atoms with E-state index in [0.717, 1.165) is 12.8 Å². The molecular weight excluding hydrogens is 338 g/mol. The maximum absolute atomic E-state index is 12.9. The van der Waals surface area contributed by atoms with Gasteiger partial charge in [-0.15, -0.1) is 0 Å². The van der Waals surface area contributed by atoms with E-state index in [4.69, 9.17) is 4.74 Å². The van der Waals surface area contributed by atoms with Crippen molar-refractivity contribution in [2.24, 2.45) is 5.92 Å². The number of likely N-dealkylation sites (N-methyl/N-ethyl adjacent to an activating group) is 1. The summed E-state index contributed by atoms with van der Waals surface area (Å²) in [5.74, 6) is -0.238. The molecule has 0 spiro atoms. The first-order chi connectivity index (χ1) is 12.0. The Bertz CT molecular complexity index is 515. The summed E-state index contributed by atoms with van der Waals surface area (Å²) in [4.78, 5) is 40.0. The number of carbonyl (C=O) groups is 3. The van der Waals surface area contributed by atoms with Gasteiger partial charge in [0.15, 0.2) is 0 Å². The minimum atomic E-state index is -0.659. The number of amides is 3. The minimum absolute atomic E-state index is 0.0782. The number of nitrogens with one attached hydrogen (secondary N) is 1. The summed E-state index contributed by atoms with van der Waals surface area (Å²) in [6.07, 6.45) is 0.560. The Morgan fingerprint density at radius 3 is 2.35 bits per heavy atom. The van der Waals surface area contributed by atoms with Gasteiger partial charge < -0.3 is 24.6 Å². The molecule has 1 rings (SSSR count). The zero-order valence-corrected chi connectivity index (χ0v) is 17.0. The Morgan fingerprint density at radius 2 is 1.85 bits per heavy atom. The molecule has 26 heavy (non-hydrogen) atoms. The standard InChI is InChI=1S/C18H33N3O5/c1-12(2)14(19-16(23)25-7)15(22)21-10-8-9-13(11-21)20(6)17(24)26-18(3,4)5/h12-14H,8-11H2,1-7H3,(H,19,23)/t13-,14+/m1/s1. The smallest absolute Gasteiger partial charge is 0.410 e. The summed E-state index contributed by atoms with van der Waals surface area (Å²) in [6, 6.07) is -0.776. The molecule has 2 atom stereocenters. The predicted octanol–water partition coefficient (Wildman–Crippen LogP) is 2.22. The first-order valence-corrected chi connectivity index (χ1v) is 9.05. The van der Waals surface area contributed by atoms with Crippen LogP contribution in [0.4, 0.5) is 9.59 Å². The van der Waals surface area contributed by atoms with E-state index >= 15 is 0 Å². The third-order valence-corrected chi connectivity index (χ3v) is 4.33. The number of carbonyl (C=O) groups excluding carboxylic acids is 3. The van der Waals surface area contributed by atoms with Crippen LogP contribution in [-0.2, 0) is 14.3 Å². The predicted molar refractivity (Wildman–Crippen MR) is 97.8 cm³/mol. The molecule has 1 aliphatic heterocycles. The van der Waals surface area contributed by atoms with Gasteiger partial charge in [0.2, 0.25) is 5.91 Å². The number of hydrogen-bond donors (Lipinski definition) is 1. The highest BCUT2D eigenvalue weighted by Crippen LogP contribution is 2.19. The first-order valence-electron chi connectivity index (χ1n) is 9.05. The average Bonchev–Trinajstić information content (AvgIpc) is 2.56. The highest BCUT2D eigenvalue weighted by molar-refractivity contribution is 5.86. The molecule has 0 aromatic heterocycles. The Hall–Kier alpha value is -1.99. The molecule has 8 heteroatoms. The van der Waals surface area contributed by atoms with E-state index in [0.29, 0.717) is 13.1 Å². The lowest BCUT2D eigenvalue weighted by Crippen LogP contribution is -2.57. The fourth-order valence-electron chi connectivity index (χ4n) is 2.85. The zero-order valence-electron chi connectivity index (χ0n) is 17.0. The normalized spacial score (nSPS) is 18.9. The Labute approximate surface area is 156 Å². The molecule has 1 fully saturated rings. The molecule has 1 N–H and O–H groups in total. The zero-order chi connectivity index (χ0) is 20.1. The second-order valence-corrected chi connectivity index (χ2v) is 8.03. The van der Waals surface area contributed by atoms with Gasteiger partial charge in [0.25, 0.3) is 0 Å². The molecule has 0 saturated carbocycles. The fraction of sp³-hybridized carbons (Fsp3) is 0.833. The van der Waals surface area contributed by atoms with Crippen LogP contribution in [0.25, 0.3) is 0 Å². The summed E-state index contributed by atoms with van der Waals surface area (Å²) >= 11 is 0. The lowest BCUT2D eigenvalue weighted by molar-refractivity contribution is -0.136. The van der Waals surface area contributed by atoms with Crippen molar-refractivity contribution in [3.63, 3.8) is 0 Å². The van der Waals surface area contributed by atoms with Gasteiger partial charge in [-0.1, -0.05) is 13.8 Å². The van der Waals surface area contributed by atoms with Gasteiger partial charge in [-0.3, -0.25) is 4.79 Å². The number of methoxy groups -OCH3 is 1. The van der Waals surface area contributed by atoms with E-state index < -0.39 is 23.8 Å². The second kappa shape index (κ2) is 9.09. The molecular formula is C18H33N3O5. The molecule has 3 amide bonds. The highest BCUT2D eigenvalue weighted by Gasteiger charge is 2.35. The van der Waals surface area contributed by atoms with E-state index in [1.807, 2.05) is 34.6 Å². The van der Waals surface area contributed by atoms with Gasteiger partial charge in [-0.2, -0.15) is 0 Å². The third-order valence-electron chi connectivity index (χ3n) is 4.33. The summed E-state index contributed by atoms with van der Waals surface area (Å²) in [5, 5.41) is 2.60.